The lowest BCUT2D eigenvalue weighted by molar-refractivity contribution is -0.0693. The molecule has 0 radical (unpaired) electrons. The van der Waals surface area contributed by atoms with Crippen molar-refractivity contribution in [1.29, 1.82) is 0 Å². The van der Waals surface area contributed by atoms with Gasteiger partial charge in [-0.25, -0.2) is 26.9 Å². The summed E-state index contributed by atoms with van der Waals surface area (Å²) in [6, 6.07) is 2.11. The van der Waals surface area contributed by atoms with Crippen LogP contribution in [0.2, 0.25) is 0 Å². The molecule has 1 aromatic rings. The summed E-state index contributed by atoms with van der Waals surface area (Å²) in [5.41, 5.74) is 5.59. The summed E-state index contributed by atoms with van der Waals surface area (Å²) in [5, 5.41) is 0. The molecule has 2 unspecified atom stereocenters. The molecule has 0 bridgehead atoms. The van der Waals surface area contributed by atoms with E-state index in [4.69, 9.17) is 16.2 Å². The first kappa shape index (κ1) is 18.4. The Balaban J connectivity index is 2.26. The monoisotopic (exact) mass is 377 g/mol. The first-order valence-corrected chi connectivity index (χ1v) is 7.73. The van der Waals surface area contributed by atoms with Gasteiger partial charge < -0.3 is 16.2 Å². The average Bonchev–Trinajstić information content (AvgIpc) is 2.85. The number of halogens is 5. The van der Waals surface area contributed by atoms with E-state index < -0.39 is 72.5 Å². The van der Waals surface area contributed by atoms with Crippen molar-refractivity contribution >= 4 is 11.9 Å². The zero-order valence-corrected chi connectivity index (χ0v) is 13.4. The van der Waals surface area contributed by atoms with Crippen LogP contribution in [0.4, 0.5) is 22.0 Å². The molecule has 0 aromatic heterocycles. The number of benzene rings is 1. The molecule has 10 heteroatoms. The van der Waals surface area contributed by atoms with Crippen LogP contribution < -0.4 is 11.5 Å². The number of alkyl halides is 4. The van der Waals surface area contributed by atoms with Crippen LogP contribution in [-0.4, -0.2) is 36.8 Å². The molecule has 4 N–H and O–H groups in total. The highest BCUT2D eigenvalue weighted by molar-refractivity contribution is 5.93. The van der Waals surface area contributed by atoms with Crippen molar-refractivity contribution < 1.29 is 31.5 Å². The van der Waals surface area contributed by atoms with Gasteiger partial charge in [0.25, 0.3) is 11.9 Å². The van der Waals surface area contributed by atoms with Gasteiger partial charge >= 0.3 is 0 Å². The van der Waals surface area contributed by atoms with Crippen LogP contribution >= 0.6 is 0 Å². The number of nitrogens with zero attached hydrogens (tertiary/aromatic N) is 1. The lowest BCUT2D eigenvalue weighted by Crippen LogP contribution is -2.57. The van der Waals surface area contributed by atoms with E-state index in [-0.39, 0.29) is 5.56 Å². The Kier molecular flexibility index (Phi) is 4.12. The van der Waals surface area contributed by atoms with Crippen molar-refractivity contribution in [1.82, 2.24) is 0 Å². The molecule has 1 aliphatic heterocycles. The zero-order chi connectivity index (χ0) is 19.3. The highest BCUT2D eigenvalue weighted by Crippen LogP contribution is 2.58. The number of amidine groups is 1. The summed E-state index contributed by atoms with van der Waals surface area (Å²) in [6.07, 6.45) is -2.02. The minimum Gasteiger partial charge on any atom is -0.455 e. The van der Waals surface area contributed by atoms with Crippen LogP contribution in [0.5, 0.6) is 0 Å². The van der Waals surface area contributed by atoms with Gasteiger partial charge in [0.15, 0.2) is 5.60 Å². The number of primary amides is 1. The fraction of sp³-hybridized carbons (Fsp3) is 0.500. The molecule has 2 aliphatic rings. The Hall–Kier alpha value is -2.39. The van der Waals surface area contributed by atoms with Gasteiger partial charge in [0.2, 0.25) is 5.91 Å². The Labute approximate surface area is 145 Å². The summed E-state index contributed by atoms with van der Waals surface area (Å²) in [6.45, 7) is -2.83. The SMILES string of the molecule is NC(=O)c1ccc(F)c(C2(CF)N=C(N)O[C@@]3(CF)CC(F)(F)CC23)c1. The van der Waals surface area contributed by atoms with Crippen LogP contribution in [0, 0.1) is 11.7 Å². The maximum absolute atomic E-state index is 14.5. The van der Waals surface area contributed by atoms with Gasteiger partial charge in [-0.3, -0.25) is 4.79 Å². The predicted octanol–water partition coefficient (Wildman–Crippen LogP) is 2.19. The van der Waals surface area contributed by atoms with Crippen molar-refractivity contribution in [3.8, 4) is 0 Å². The second-order valence-electron chi connectivity index (χ2n) is 6.66. The Morgan fingerprint density at radius 1 is 1.31 bits per heavy atom. The first-order chi connectivity index (χ1) is 12.1. The molecular formula is C16H16F5N3O2. The molecule has 1 aromatic carbocycles. The highest BCUT2D eigenvalue weighted by atomic mass is 19.3. The molecule has 5 nitrogen and oxygen atoms in total. The van der Waals surface area contributed by atoms with E-state index in [9.17, 15) is 26.7 Å². The van der Waals surface area contributed by atoms with Gasteiger partial charge in [0.1, 0.15) is 24.7 Å². The number of amides is 1. The molecule has 1 saturated carbocycles. The molecule has 0 spiro atoms. The number of fused-ring (bicyclic) bond motifs is 1. The third-order valence-corrected chi connectivity index (χ3v) is 5.04. The third-order valence-electron chi connectivity index (χ3n) is 5.04. The number of rotatable bonds is 4. The van der Waals surface area contributed by atoms with Crippen molar-refractivity contribution in [2.24, 2.45) is 22.4 Å². The molecular weight excluding hydrogens is 361 g/mol. The standard InChI is InChI=1S/C16H16F5N3O2/c17-6-14-5-15(20,21)4-11(14)16(7-18,24-13(23)26-14)9-3-8(12(22)25)1-2-10(9)19/h1-3,11H,4-7H2,(H2,22,25)(H2,23,24)/t11?,14-,16?/m1/s1. The van der Waals surface area contributed by atoms with Crippen molar-refractivity contribution in [3.63, 3.8) is 0 Å². The minimum atomic E-state index is -3.38. The van der Waals surface area contributed by atoms with Gasteiger partial charge in [-0.2, -0.15) is 0 Å². The maximum atomic E-state index is 14.5. The third kappa shape index (κ3) is 2.58. The van der Waals surface area contributed by atoms with Crippen LogP contribution in [0.15, 0.2) is 23.2 Å². The average molecular weight is 377 g/mol. The number of nitrogens with two attached hydrogens (primary N) is 2. The molecule has 1 amide bonds. The van der Waals surface area contributed by atoms with E-state index in [2.05, 4.69) is 4.99 Å². The van der Waals surface area contributed by atoms with Crippen LogP contribution in [0.3, 0.4) is 0 Å². The van der Waals surface area contributed by atoms with Gasteiger partial charge in [0, 0.05) is 23.5 Å². The quantitative estimate of drug-likeness (QED) is 0.788. The maximum Gasteiger partial charge on any atom is 0.283 e. The Bertz CT molecular complexity index is 787. The van der Waals surface area contributed by atoms with Crippen LogP contribution in [0.1, 0.15) is 28.8 Å². The fourth-order valence-electron chi connectivity index (χ4n) is 3.96. The summed E-state index contributed by atoms with van der Waals surface area (Å²) in [7, 11) is 0. The molecule has 3 atom stereocenters. The summed E-state index contributed by atoms with van der Waals surface area (Å²) < 4.78 is 75.8. The molecule has 26 heavy (non-hydrogen) atoms. The van der Waals surface area contributed by atoms with E-state index in [1.807, 2.05) is 0 Å². The topological polar surface area (TPSA) is 90.7 Å². The molecule has 142 valence electrons. The lowest BCUT2D eigenvalue weighted by Gasteiger charge is -2.46. The highest BCUT2D eigenvalue weighted by Gasteiger charge is 2.68. The van der Waals surface area contributed by atoms with E-state index in [1.54, 1.807) is 0 Å². The summed E-state index contributed by atoms with van der Waals surface area (Å²) in [5.74, 6) is -6.86. The lowest BCUT2D eigenvalue weighted by atomic mass is 9.71. The van der Waals surface area contributed by atoms with E-state index in [1.165, 1.54) is 0 Å². The number of hydrogen-bond acceptors (Lipinski definition) is 4. The minimum absolute atomic E-state index is 0.176. The first-order valence-electron chi connectivity index (χ1n) is 7.73. The zero-order valence-electron chi connectivity index (χ0n) is 13.4. The molecule has 1 aliphatic carbocycles. The fourth-order valence-corrected chi connectivity index (χ4v) is 3.96. The number of ether oxygens (including phenoxy) is 1. The van der Waals surface area contributed by atoms with E-state index >= 15 is 0 Å². The Morgan fingerprint density at radius 2 is 2.00 bits per heavy atom. The largest absolute Gasteiger partial charge is 0.455 e. The van der Waals surface area contributed by atoms with Crippen molar-refractivity contribution in [2.75, 3.05) is 13.3 Å². The Morgan fingerprint density at radius 3 is 2.58 bits per heavy atom. The molecule has 1 heterocycles. The second kappa shape index (κ2) is 5.82. The van der Waals surface area contributed by atoms with Crippen molar-refractivity contribution in [3.05, 3.63) is 35.1 Å². The van der Waals surface area contributed by atoms with Gasteiger partial charge in [-0.15, -0.1) is 0 Å². The van der Waals surface area contributed by atoms with Crippen molar-refractivity contribution in [2.45, 2.75) is 29.9 Å². The number of carbonyl (C=O) groups excluding carboxylic acids is 1. The van der Waals surface area contributed by atoms with E-state index in [0.717, 1.165) is 18.2 Å². The predicted molar refractivity (Wildman–Crippen MR) is 81.7 cm³/mol. The van der Waals surface area contributed by atoms with Gasteiger partial charge in [-0.05, 0) is 18.2 Å². The normalized spacial score (nSPS) is 32.5. The smallest absolute Gasteiger partial charge is 0.283 e. The van der Waals surface area contributed by atoms with Crippen LogP contribution in [0.25, 0.3) is 0 Å². The second-order valence-corrected chi connectivity index (χ2v) is 6.66. The molecule has 0 saturated heterocycles. The van der Waals surface area contributed by atoms with Gasteiger partial charge in [-0.1, -0.05) is 0 Å². The van der Waals surface area contributed by atoms with Gasteiger partial charge in [0.05, 0.1) is 6.42 Å². The molecule has 1 fully saturated rings. The van der Waals surface area contributed by atoms with E-state index in [0.29, 0.717) is 0 Å². The number of aliphatic imine (C=N–C) groups is 1. The molecule has 3 rings (SSSR count). The summed E-state index contributed by atoms with van der Waals surface area (Å²) >= 11 is 0. The number of hydrogen-bond donors (Lipinski definition) is 2. The van der Waals surface area contributed by atoms with Crippen LogP contribution in [-0.2, 0) is 10.3 Å². The summed E-state index contributed by atoms with van der Waals surface area (Å²) in [4.78, 5) is 15.2. The number of carbonyl (C=O) groups is 1.